The molecule has 0 aromatic heterocycles. The second kappa shape index (κ2) is 5.46. The summed E-state index contributed by atoms with van der Waals surface area (Å²) in [4.78, 5) is 23.9. The van der Waals surface area contributed by atoms with Crippen molar-refractivity contribution >= 4 is 45.1 Å². The van der Waals surface area contributed by atoms with Gasteiger partial charge in [0.25, 0.3) is 0 Å². The Hall–Kier alpha value is -1.33. The number of rotatable bonds is 3. The summed E-state index contributed by atoms with van der Waals surface area (Å²) >= 11 is 9.27. The van der Waals surface area contributed by atoms with Crippen molar-refractivity contribution in [2.45, 2.75) is 6.42 Å². The van der Waals surface area contributed by atoms with E-state index >= 15 is 0 Å². The Morgan fingerprint density at radius 1 is 1.24 bits per heavy atom. The molecule has 1 fully saturated rings. The number of hydrogen-bond donors (Lipinski definition) is 2. The Balaban J connectivity index is 1.83. The molecule has 2 aliphatic rings. The zero-order valence-electron chi connectivity index (χ0n) is 10.9. The van der Waals surface area contributed by atoms with Crippen LogP contribution in [0.1, 0.15) is 6.42 Å². The number of amides is 1. The number of benzene rings is 1. The predicted octanol–water partition coefficient (Wildman–Crippen LogP) is 3.56. The third-order valence-electron chi connectivity index (χ3n) is 4.23. The van der Waals surface area contributed by atoms with Crippen molar-refractivity contribution < 1.29 is 14.7 Å². The second-order valence-corrected chi connectivity index (χ2v) is 6.74. The third kappa shape index (κ3) is 2.60. The van der Waals surface area contributed by atoms with Crippen LogP contribution >= 0.6 is 27.5 Å². The van der Waals surface area contributed by atoms with Crippen LogP contribution < -0.4 is 5.32 Å². The number of allylic oxidation sites excluding steroid dienone is 2. The number of carboxylic acids is 1. The molecule has 0 saturated heterocycles. The number of aliphatic carboxylic acids is 1. The van der Waals surface area contributed by atoms with Crippen LogP contribution in [0.25, 0.3) is 0 Å². The number of hydrogen-bond acceptors (Lipinski definition) is 2. The second-order valence-electron chi connectivity index (χ2n) is 5.45. The molecule has 3 rings (SSSR count). The quantitative estimate of drug-likeness (QED) is 0.800. The van der Waals surface area contributed by atoms with Gasteiger partial charge in [-0.3, -0.25) is 9.59 Å². The molecule has 110 valence electrons. The summed E-state index contributed by atoms with van der Waals surface area (Å²) in [6, 6.07) is 5.09. The third-order valence-corrected chi connectivity index (χ3v) is 5.16. The first kappa shape index (κ1) is 14.6. The lowest BCUT2D eigenvalue weighted by Crippen LogP contribution is -2.36. The summed E-state index contributed by atoms with van der Waals surface area (Å²) in [5, 5.41) is 12.7. The van der Waals surface area contributed by atoms with Crippen LogP contribution in [0.5, 0.6) is 0 Å². The number of halogens is 2. The van der Waals surface area contributed by atoms with E-state index in [-0.39, 0.29) is 17.7 Å². The normalized spacial score (nSPS) is 29.6. The average molecular weight is 371 g/mol. The van der Waals surface area contributed by atoms with Crippen molar-refractivity contribution in [3.05, 3.63) is 39.8 Å². The van der Waals surface area contributed by atoms with Crippen LogP contribution in [0, 0.1) is 23.7 Å². The van der Waals surface area contributed by atoms with Crippen LogP contribution in [0.4, 0.5) is 5.69 Å². The molecular formula is C15H13BrClNO3. The van der Waals surface area contributed by atoms with E-state index in [1.54, 1.807) is 18.2 Å². The lowest BCUT2D eigenvalue weighted by atomic mass is 9.82. The fourth-order valence-electron chi connectivity index (χ4n) is 3.33. The molecule has 0 aliphatic heterocycles. The lowest BCUT2D eigenvalue weighted by molar-refractivity contribution is -0.146. The minimum atomic E-state index is -0.905. The Labute approximate surface area is 135 Å². The molecule has 4 atom stereocenters. The van der Waals surface area contributed by atoms with Gasteiger partial charge in [0.05, 0.1) is 17.5 Å². The van der Waals surface area contributed by atoms with Gasteiger partial charge in [-0.05, 0) is 52.4 Å². The van der Waals surface area contributed by atoms with Gasteiger partial charge in [-0.1, -0.05) is 23.8 Å². The Bertz CT molecular complexity index is 646. The first-order chi connectivity index (χ1) is 9.97. The summed E-state index contributed by atoms with van der Waals surface area (Å²) in [6.07, 6.45) is 4.62. The van der Waals surface area contributed by atoms with Crippen molar-refractivity contribution in [1.29, 1.82) is 0 Å². The Kier molecular flexibility index (Phi) is 3.80. The molecule has 21 heavy (non-hydrogen) atoms. The van der Waals surface area contributed by atoms with Crippen LogP contribution in [0.2, 0.25) is 5.02 Å². The summed E-state index contributed by atoms with van der Waals surface area (Å²) < 4.78 is 0.714. The molecule has 1 aromatic rings. The first-order valence-corrected chi connectivity index (χ1v) is 7.81. The maximum Gasteiger partial charge on any atom is 0.307 e. The van der Waals surface area contributed by atoms with Crippen molar-refractivity contribution in [2.24, 2.45) is 23.7 Å². The SMILES string of the molecule is O=C(O)[C@@H]1C2C=CC(C2)[C@@H]1C(=O)Nc1cc(Cl)ccc1Br. The summed E-state index contributed by atoms with van der Waals surface area (Å²) in [5.74, 6) is -2.36. The van der Waals surface area contributed by atoms with Crippen molar-refractivity contribution in [2.75, 3.05) is 5.32 Å². The Morgan fingerprint density at radius 3 is 2.57 bits per heavy atom. The highest BCUT2D eigenvalue weighted by Gasteiger charge is 2.51. The highest BCUT2D eigenvalue weighted by Crippen LogP contribution is 2.48. The van der Waals surface area contributed by atoms with Gasteiger partial charge in [-0.2, -0.15) is 0 Å². The van der Waals surface area contributed by atoms with Gasteiger partial charge in [0, 0.05) is 9.50 Å². The summed E-state index contributed by atoms with van der Waals surface area (Å²) in [6.45, 7) is 0. The van der Waals surface area contributed by atoms with Gasteiger partial charge < -0.3 is 10.4 Å². The monoisotopic (exact) mass is 369 g/mol. The largest absolute Gasteiger partial charge is 0.481 e. The van der Waals surface area contributed by atoms with E-state index < -0.39 is 17.8 Å². The molecule has 2 aliphatic carbocycles. The van der Waals surface area contributed by atoms with Gasteiger partial charge >= 0.3 is 5.97 Å². The van der Waals surface area contributed by atoms with Crippen molar-refractivity contribution in [1.82, 2.24) is 0 Å². The van der Waals surface area contributed by atoms with E-state index in [4.69, 9.17) is 11.6 Å². The molecule has 0 heterocycles. The summed E-state index contributed by atoms with van der Waals surface area (Å²) in [7, 11) is 0. The van der Waals surface area contributed by atoms with Crippen molar-refractivity contribution in [3.63, 3.8) is 0 Å². The van der Waals surface area contributed by atoms with Gasteiger partial charge in [-0.25, -0.2) is 0 Å². The highest BCUT2D eigenvalue weighted by molar-refractivity contribution is 9.10. The molecule has 2 N–H and O–H groups in total. The Morgan fingerprint density at radius 2 is 1.90 bits per heavy atom. The van der Waals surface area contributed by atoms with Crippen LogP contribution in [-0.2, 0) is 9.59 Å². The number of fused-ring (bicyclic) bond motifs is 2. The average Bonchev–Trinajstić information content (AvgIpc) is 3.03. The van der Waals surface area contributed by atoms with Crippen LogP contribution in [0.15, 0.2) is 34.8 Å². The molecule has 0 spiro atoms. The number of carboxylic acid groups (broad SMARTS) is 1. The minimum Gasteiger partial charge on any atom is -0.481 e. The molecular weight excluding hydrogens is 358 g/mol. The summed E-state index contributed by atoms with van der Waals surface area (Å²) in [5.41, 5.74) is 0.559. The van der Waals surface area contributed by atoms with E-state index in [0.29, 0.717) is 15.2 Å². The van der Waals surface area contributed by atoms with Gasteiger partial charge in [0.1, 0.15) is 0 Å². The standard InChI is InChI=1S/C15H13BrClNO3/c16-10-4-3-9(17)6-11(10)18-14(19)12-7-1-2-8(5-7)13(12)15(20)21/h1-4,6-8,12-13H,5H2,(H,18,19)(H,20,21)/t7?,8?,12-,13+/m0/s1. The fraction of sp³-hybridized carbons (Fsp3) is 0.333. The molecule has 0 radical (unpaired) electrons. The maximum absolute atomic E-state index is 12.5. The first-order valence-electron chi connectivity index (χ1n) is 6.64. The lowest BCUT2D eigenvalue weighted by Gasteiger charge is -2.24. The molecule has 1 aromatic carbocycles. The number of carbonyl (C=O) groups is 2. The molecule has 4 nitrogen and oxygen atoms in total. The molecule has 6 heteroatoms. The van der Waals surface area contributed by atoms with E-state index in [2.05, 4.69) is 21.2 Å². The van der Waals surface area contributed by atoms with Crippen molar-refractivity contribution in [3.8, 4) is 0 Å². The predicted molar refractivity (Wildman–Crippen MR) is 83.1 cm³/mol. The van der Waals surface area contributed by atoms with Gasteiger partial charge in [0.15, 0.2) is 0 Å². The maximum atomic E-state index is 12.5. The molecule has 1 amide bonds. The zero-order valence-corrected chi connectivity index (χ0v) is 13.3. The fourth-order valence-corrected chi connectivity index (χ4v) is 3.84. The number of anilines is 1. The zero-order chi connectivity index (χ0) is 15.1. The smallest absolute Gasteiger partial charge is 0.307 e. The topological polar surface area (TPSA) is 66.4 Å². The molecule has 2 unspecified atom stereocenters. The van der Waals surface area contributed by atoms with E-state index in [9.17, 15) is 14.7 Å². The van der Waals surface area contributed by atoms with Crippen LogP contribution in [-0.4, -0.2) is 17.0 Å². The molecule has 2 bridgehead atoms. The van der Waals surface area contributed by atoms with Crippen LogP contribution in [0.3, 0.4) is 0 Å². The van der Waals surface area contributed by atoms with Gasteiger partial charge in [0.2, 0.25) is 5.91 Å². The van der Waals surface area contributed by atoms with E-state index in [0.717, 1.165) is 6.42 Å². The van der Waals surface area contributed by atoms with E-state index in [1.807, 2.05) is 12.2 Å². The minimum absolute atomic E-state index is 0.00839. The highest BCUT2D eigenvalue weighted by atomic mass is 79.9. The number of nitrogens with one attached hydrogen (secondary N) is 1. The molecule has 1 saturated carbocycles. The van der Waals surface area contributed by atoms with Gasteiger partial charge in [-0.15, -0.1) is 0 Å². The number of carbonyl (C=O) groups excluding carboxylic acids is 1. The van der Waals surface area contributed by atoms with E-state index in [1.165, 1.54) is 0 Å².